The van der Waals surface area contributed by atoms with E-state index in [0.29, 0.717) is 0 Å². The van der Waals surface area contributed by atoms with Gasteiger partial charge < -0.3 is 0 Å². The smallest absolute Gasteiger partial charge is 0.300 e. The van der Waals surface area contributed by atoms with Crippen molar-refractivity contribution in [1.29, 1.82) is 0 Å². The van der Waals surface area contributed by atoms with Gasteiger partial charge in [0.2, 0.25) is 0 Å². The summed E-state index contributed by atoms with van der Waals surface area (Å²) in [5, 5.41) is 0. The van der Waals surface area contributed by atoms with Crippen molar-refractivity contribution < 1.29 is 17.8 Å². The van der Waals surface area contributed by atoms with E-state index in [4.69, 9.17) is 4.55 Å². The van der Waals surface area contributed by atoms with E-state index in [1.54, 1.807) is 0 Å². The van der Waals surface area contributed by atoms with Gasteiger partial charge in [-0.2, -0.15) is 12.7 Å². The minimum absolute atomic E-state index is 0.0462. The molecule has 6 heteroatoms. The standard InChI is InChI=1S/C5H9NO4S/c7-5-1-3-6(4-2-5)11(8,9)10/h1-4H2,(H,8,9,10). The third kappa shape index (κ3) is 2.25. The van der Waals surface area contributed by atoms with Gasteiger partial charge in [0.25, 0.3) is 0 Å². The Balaban J connectivity index is 2.60. The van der Waals surface area contributed by atoms with Crippen LogP contribution in [0.3, 0.4) is 0 Å². The van der Waals surface area contributed by atoms with Crippen LogP contribution in [0.15, 0.2) is 0 Å². The summed E-state index contributed by atoms with van der Waals surface area (Å²) in [6.45, 7) is 0.218. The first-order valence-electron chi connectivity index (χ1n) is 3.24. The molecule has 0 atom stereocenters. The SMILES string of the molecule is O=C1CCN(S(=O)(=O)O)CC1. The maximum Gasteiger partial charge on any atom is 0.335 e. The molecule has 5 nitrogen and oxygen atoms in total. The van der Waals surface area contributed by atoms with Crippen LogP contribution in [0.1, 0.15) is 12.8 Å². The average molecular weight is 179 g/mol. The van der Waals surface area contributed by atoms with Crippen LogP contribution in [-0.2, 0) is 15.1 Å². The van der Waals surface area contributed by atoms with E-state index < -0.39 is 10.3 Å². The third-order valence-electron chi connectivity index (χ3n) is 1.61. The Kier molecular flexibility index (Phi) is 2.26. The maximum atomic E-state index is 10.6. The largest absolute Gasteiger partial charge is 0.335 e. The Hall–Kier alpha value is -0.460. The lowest BCUT2D eigenvalue weighted by molar-refractivity contribution is -0.120. The number of rotatable bonds is 1. The summed E-state index contributed by atoms with van der Waals surface area (Å²) < 4.78 is 30.3. The Bertz CT molecular complexity index is 248. The van der Waals surface area contributed by atoms with Crippen LogP contribution in [0.5, 0.6) is 0 Å². The first-order valence-corrected chi connectivity index (χ1v) is 4.64. The molecule has 1 aliphatic heterocycles. The number of ketones is 1. The minimum atomic E-state index is -4.07. The molecule has 0 spiro atoms. The molecule has 0 aliphatic carbocycles. The predicted octanol–water partition coefficient (Wildman–Crippen LogP) is -0.546. The number of hydrogen-bond acceptors (Lipinski definition) is 3. The highest BCUT2D eigenvalue weighted by Crippen LogP contribution is 2.08. The normalized spacial score (nSPS) is 22.1. The van der Waals surface area contributed by atoms with Gasteiger partial charge in [0, 0.05) is 25.9 Å². The van der Waals surface area contributed by atoms with Gasteiger partial charge in [-0.1, -0.05) is 0 Å². The van der Waals surface area contributed by atoms with Crippen LogP contribution in [0.4, 0.5) is 0 Å². The number of hydrogen-bond donors (Lipinski definition) is 1. The number of piperidine rings is 1. The molecule has 0 aromatic carbocycles. The molecule has 0 radical (unpaired) electrons. The maximum absolute atomic E-state index is 10.6. The lowest BCUT2D eigenvalue weighted by Gasteiger charge is -2.21. The summed E-state index contributed by atoms with van der Waals surface area (Å²) in [5.41, 5.74) is 0. The minimum Gasteiger partial charge on any atom is -0.300 e. The Morgan fingerprint density at radius 2 is 1.73 bits per heavy atom. The van der Waals surface area contributed by atoms with Crippen molar-refractivity contribution in [3.63, 3.8) is 0 Å². The van der Waals surface area contributed by atoms with Gasteiger partial charge in [-0.25, -0.2) is 0 Å². The molecule has 0 unspecified atom stereocenters. The van der Waals surface area contributed by atoms with Gasteiger partial charge in [-0.15, -0.1) is 0 Å². The fourth-order valence-corrected chi connectivity index (χ4v) is 1.61. The van der Waals surface area contributed by atoms with E-state index in [1.807, 2.05) is 0 Å². The molecule has 64 valence electrons. The molecule has 0 amide bonds. The van der Waals surface area contributed by atoms with Crippen LogP contribution in [0.2, 0.25) is 0 Å². The molecular weight excluding hydrogens is 170 g/mol. The fraction of sp³-hybridized carbons (Fsp3) is 0.800. The van der Waals surface area contributed by atoms with E-state index in [-0.39, 0.29) is 31.7 Å². The van der Waals surface area contributed by atoms with E-state index in [0.717, 1.165) is 4.31 Å². The molecular formula is C5H9NO4S. The highest BCUT2D eigenvalue weighted by molar-refractivity contribution is 7.83. The quantitative estimate of drug-likeness (QED) is 0.548. The van der Waals surface area contributed by atoms with Crippen molar-refractivity contribution >= 4 is 16.1 Å². The van der Waals surface area contributed by atoms with Gasteiger partial charge in [-0.3, -0.25) is 9.35 Å². The summed E-state index contributed by atoms with van der Waals surface area (Å²) in [6.07, 6.45) is 0.416. The summed E-state index contributed by atoms with van der Waals surface area (Å²) in [7, 11) is -4.07. The van der Waals surface area contributed by atoms with E-state index >= 15 is 0 Å². The number of Topliss-reactive ketones (excluding diaryl/α,β-unsaturated/α-hetero) is 1. The molecule has 0 bridgehead atoms. The molecule has 1 rings (SSSR count). The van der Waals surface area contributed by atoms with Crippen LogP contribution in [0.25, 0.3) is 0 Å². The molecule has 0 saturated carbocycles. The summed E-state index contributed by atoms with van der Waals surface area (Å²) in [5.74, 6) is 0.0462. The predicted molar refractivity (Wildman–Crippen MR) is 37.4 cm³/mol. The molecule has 1 aliphatic rings. The molecule has 1 heterocycles. The zero-order valence-corrected chi connectivity index (χ0v) is 6.67. The van der Waals surface area contributed by atoms with Gasteiger partial charge in [0.15, 0.2) is 0 Å². The lowest BCUT2D eigenvalue weighted by atomic mass is 10.1. The summed E-state index contributed by atoms with van der Waals surface area (Å²) in [6, 6.07) is 0. The van der Waals surface area contributed by atoms with Crippen molar-refractivity contribution in [3.8, 4) is 0 Å². The Morgan fingerprint density at radius 1 is 1.27 bits per heavy atom. The van der Waals surface area contributed by atoms with Crippen LogP contribution in [-0.4, -0.2) is 36.1 Å². The first-order chi connectivity index (χ1) is 5.00. The molecule has 1 fully saturated rings. The second-order valence-electron chi connectivity index (χ2n) is 2.42. The molecule has 1 N–H and O–H groups in total. The fourth-order valence-electron chi connectivity index (χ4n) is 0.966. The zero-order valence-electron chi connectivity index (χ0n) is 5.86. The van der Waals surface area contributed by atoms with Crippen molar-refractivity contribution in [3.05, 3.63) is 0 Å². The Labute approximate surface area is 64.9 Å². The van der Waals surface area contributed by atoms with Crippen LogP contribution in [0, 0.1) is 0 Å². The van der Waals surface area contributed by atoms with E-state index in [1.165, 1.54) is 0 Å². The van der Waals surface area contributed by atoms with Crippen LogP contribution >= 0.6 is 0 Å². The number of carbonyl (C=O) groups is 1. The molecule has 11 heavy (non-hydrogen) atoms. The van der Waals surface area contributed by atoms with Gasteiger partial charge in [-0.05, 0) is 0 Å². The van der Waals surface area contributed by atoms with Crippen molar-refractivity contribution in [1.82, 2.24) is 4.31 Å². The topological polar surface area (TPSA) is 74.7 Å². The summed E-state index contributed by atoms with van der Waals surface area (Å²) in [4.78, 5) is 10.6. The zero-order chi connectivity index (χ0) is 8.48. The Morgan fingerprint density at radius 3 is 2.09 bits per heavy atom. The van der Waals surface area contributed by atoms with Crippen molar-refractivity contribution in [2.45, 2.75) is 12.8 Å². The van der Waals surface area contributed by atoms with Crippen molar-refractivity contribution in [2.75, 3.05) is 13.1 Å². The van der Waals surface area contributed by atoms with E-state index in [2.05, 4.69) is 0 Å². The second kappa shape index (κ2) is 2.88. The van der Waals surface area contributed by atoms with Crippen molar-refractivity contribution in [2.24, 2.45) is 0 Å². The first kappa shape index (κ1) is 8.63. The van der Waals surface area contributed by atoms with Gasteiger partial charge >= 0.3 is 10.3 Å². The lowest BCUT2D eigenvalue weighted by Crippen LogP contribution is -2.38. The monoisotopic (exact) mass is 179 g/mol. The van der Waals surface area contributed by atoms with Gasteiger partial charge in [0.05, 0.1) is 0 Å². The highest BCUT2D eigenvalue weighted by Gasteiger charge is 2.24. The third-order valence-corrected chi connectivity index (χ3v) is 2.62. The summed E-state index contributed by atoms with van der Waals surface area (Å²) >= 11 is 0. The highest BCUT2D eigenvalue weighted by atomic mass is 32.2. The molecule has 1 saturated heterocycles. The number of nitrogens with zero attached hydrogens (tertiary/aromatic N) is 1. The molecule has 0 aromatic rings. The second-order valence-corrected chi connectivity index (χ2v) is 3.83. The average Bonchev–Trinajstić information content (AvgIpc) is 1.86. The molecule has 0 aromatic heterocycles. The number of carbonyl (C=O) groups excluding carboxylic acids is 1. The van der Waals surface area contributed by atoms with E-state index in [9.17, 15) is 13.2 Å². The van der Waals surface area contributed by atoms with Crippen LogP contribution < -0.4 is 0 Å². The van der Waals surface area contributed by atoms with Gasteiger partial charge in [0.1, 0.15) is 5.78 Å².